The van der Waals surface area contributed by atoms with E-state index in [1.165, 1.54) is 0 Å². The van der Waals surface area contributed by atoms with Crippen LogP contribution >= 0.6 is 0 Å². The van der Waals surface area contributed by atoms with Crippen LogP contribution < -0.4 is 5.32 Å². The number of hydrogen-bond acceptors (Lipinski definition) is 2. The van der Waals surface area contributed by atoms with E-state index in [1.54, 1.807) is 12.4 Å². The van der Waals surface area contributed by atoms with Crippen molar-refractivity contribution in [3.63, 3.8) is 0 Å². The second-order valence-corrected chi connectivity index (χ2v) is 4.26. The van der Waals surface area contributed by atoms with E-state index in [2.05, 4.69) is 17.2 Å². The third-order valence-electron chi connectivity index (χ3n) is 2.73. The number of benzene rings is 1. The highest BCUT2D eigenvalue weighted by molar-refractivity contribution is 6.04. The van der Waals surface area contributed by atoms with Gasteiger partial charge in [0, 0.05) is 11.8 Å². The first-order valence-corrected chi connectivity index (χ1v) is 6.01. The van der Waals surface area contributed by atoms with Crippen molar-refractivity contribution in [2.24, 2.45) is 0 Å². The molecule has 1 amide bonds. The van der Waals surface area contributed by atoms with E-state index in [0.717, 1.165) is 23.2 Å². The van der Waals surface area contributed by atoms with Crippen molar-refractivity contribution in [2.45, 2.75) is 20.3 Å². The van der Waals surface area contributed by atoms with E-state index >= 15 is 0 Å². The molecule has 0 atom stereocenters. The van der Waals surface area contributed by atoms with Crippen LogP contribution in [-0.4, -0.2) is 10.9 Å². The molecule has 0 aliphatic rings. The Hall–Kier alpha value is -2.16. The normalized spacial score (nSPS) is 10.1. The number of pyridine rings is 1. The zero-order chi connectivity index (χ0) is 13.0. The molecule has 0 radical (unpaired) electrons. The molecule has 92 valence electrons. The first-order chi connectivity index (χ1) is 8.69. The Kier molecular flexibility index (Phi) is 3.72. The van der Waals surface area contributed by atoms with Gasteiger partial charge in [0.15, 0.2) is 0 Å². The molecule has 0 bridgehead atoms. The molecule has 2 rings (SSSR count). The second kappa shape index (κ2) is 5.45. The minimum absolute atomic E-state index is 0.0994. The number of hydrogen-bond donors (Lipinski definition) is 1. The summed E-state index contributed by atoms with van der Waals surface area (Å²) >= 11 is 0. The number of anilines is 1. The van der Waals surface area contributed by atoms with Gasteiger partial charge in [-0.15, -0.1) is 0 Å². The molecule has 0 saturated carbocycles. The number of carbonyl (C=O) groups excluding carboxylic acids is 1. The van der Waals surface area contributed by atoms with E-state index < -0.39 is 0 Å². The van der Waals surface area contributed by atoms with Crippen LogP contribution in [0.4, 0.5) is 5.69 Å². The van der Waals surface area contributed by atoms with Gasteiger partial charge in [0.05, 0.1) is 11.9 Å². The van der Waals surface area contributed by atoms with Crippen LogP contribution in [-0.2, 0) is 6.42 Å². The van der Waals surface area contributed by atoms with Crippen LogP contribution in [0.1, 0.15) is 28.4 Å². The maximum Gasteiger partial charge on any atom is 0.255 e. The Morgan fingerprint density at radius 1 is 1.28 bits per heavy atom. The summed E-state index contributed by atoms with van der Waals surface area (Å²) in [6.45, 7) is 4.02. The van der Waals surface area contributed by atoms with Gasteiger partial charge in [-0.2, -0.15) is 0 Å². The molecule has 0 saturated heterocycles. The smallest absolute Gasteiger partial charge is 0.255 e. The van der Waals surface area contributed by atoms with Crippen molar-refractivity contribution >= 4 is 11.6 Å². The lowest BCUT2D eigenvalue weighted by molar-refractivity contribution is 0.102. The van der Waals surface area contributed by atoms with E-state index in [9.17, 15) is 4.79 Å². The summed E-state index contributed by atoms with van der Waals surface area (Å²) in [7, 11) is 0. The van der Waals surface area contributed by atoms with Crippen molar-refractivity contribution < 1.29 is 4.79 Å². The van der Waals surface area contributed by atoms with Crippen molar-refractivity contribution in [3.05, 3.63) is 59.4 Å². The summed E-state index contributed by atoms with van der Waals surface area (Å²) in [6, 6.07) is 9.55. The molecule has 1 heterocycles. The molecular formula is C15H16N2O. The van der Waals surface area contributed by atoms with Crippen molar-refractivity contribution in [1.29, 1.82) is 0 Å². The highest BCUT2D eigenvalue weighted by atomic mass is 16.1. The Labute approximate surface area is 107 Å². The van der Waals surface area contributed by atoms with Gasteiger partial charge in [0.25, 0.3) is 5.91 Å². The molecule has 0 fully saturated rings. The molecule has 1 N–H and O–H groups in total. The van der Waals surface area contributed by atoms with Crippen LogP contribution in [0.3, 0.4) is 0 Å². The van der Waals surface area contributed by atoms with E-state index in [1.807, 2.05) is 37.3 Å². The summed E-state index contributed by atoms with van der Waals surface area (Å²) in [5, 5.41) is 2.85. The molecule has 0 spiro atoms. The molecule has 3 heteroatoms. The summed E-state index contributed by atoms with van der Waals surface area (Å²) in [5.41, 5.74) is 3.58. The molecule has 18 heavy (non-hydrogen) atoms. The molecule has 1 aromatic heterocycles. The monoisotopic (exact) mass is 240 g/mol. The van der Waals surface area contributed by atoms with Crippen molar-refractivity contribution in [2.75, 3.05) is 5.32 Å². The summed E-state index contributed by atoms with van der Waals surface area (Å²) in [5.74, 6) is -0.0994. The quantitative estimate of drug-likeness (QED) is 0.895. The molecule has 0 unspecified atom stereocenters. The number of aromatic nitrogens is 1. The van der Waals surface area contributed by atoms with Crippen molar-refractivity contribution in [3.8, 4) is 0 Å². The SMILES string of the molecule is CCc1cccc(C(=O)Nc2cncc(C)c2)c1. The molecule has 1 aromatic carbocycles. The molecule has 0 aliphatic carbocycles. The van der Waals surface area contributed by atoms with Crippen LogP contribution in [0.2, 0.25) is 0 Å². The van der Waals surface area contributed by atoms with Gasteiger partial charge >= 0.3 is 0 Å². The molecule has 2 aromatic rings. The predicted octanol–water partition coefficient (Wildman–Crippen LogP) is 3.20. The van der Waals surface area contributed by atoms with E-state index in [-0.39, 0.29) is 5.91 Å². The molecule has 0 aliphatic heterocycles. The second-order valence-electron chi connectivity index (χ2n) is 4.26. The van der Waals surface area contributed by atoms with Gasteiger partial charge in [0.1, 0.15) is 0 Å². The first-order valence-electron chi connectivity index (χ1n) is 6.01. The summed E-state index contributed by atoms with van der Waals surface area (Å²) in [4.78, 5) is 16.1. The Morgan fingerprint density at radius 2 is 2.11 bits per heavy atom. The minimum Gasteiger partial charge on any atom is -0.321 e. The maximum atomic E-state index is 12.1. The fourth-order valence-corrected chi connectivity index (χ4v) is 1.76. The Bertz CT molecular complexity index is 564. The molecular weight excluding hydrogens is 224 g/mol. The predicted molar refractivity (Wildman–Crippen MR) is 72.7 cm³/mol. The average molecular weight is 240 g/mol. The number of rotatable bonds is 3. The number of nitrogens with one attached hydrogen (secondary N) is 1. The standard InChI is InChI=1S/C15H16N2O/c1-3-12-5-4-6-13(8-12)15(18)17-14-7-11(2)9-16-10-14/h4-10H,3H2,1-2H3,(H,17,18). The van der Waals surface area contributed by atoms with Crippen LogP contribution in [0.15, 0.2) is 42.7 Å². The third kappa shape index (κ3) is 2.94. The zero-order valence-corrected chi connectivity index (χ0v) is 10.6. The Morgan fingerprint density at radius 3 is 2.83 bits per heavy atom. The maximum absolute atomic E-state index is 12.1. The van der Waals surface area contributed by atoms with Gasteiger partial charge in [-0.25, -0.2) is 0 Å². The highest BCUT2D eigenvalue weighted by Crippen LogP contribution is 2.11. The summed E-state index contributed by atoms with van der Waals surface area (Å²) in [6.07, 6.45) is 4.33. The van der Waals surface area contributed by atoms with Gasteiger partial charge in [-0.1, -0.05) is 19.1 Å². The zero-order valence-electron chi connectivity index (χ0n) is 10.6. The topological polar surface area (TPSA) is 42.0 Å². The lowest BCUT2D eigenvalue weighted by Gasteiger charge is -2.06. The number of nitrogens with zero attached hydrogens (tertiary/aromatic N) is 1. The highest BCUT2D eigenvalue weighted by Gasteiger charge is 2.06. The number of aryl methyl sites for hydroxylation is 2. The van der Waals surface area contributed by atoms with Gasteiger partial charge in [-0.05, 0) is 42.7 Å². The number of amides is 1. The fraction of sp³-hybridized carbons (Fsp3) is 0.200. The van der Waals surface area contributed by atoms with Gasteiger partial charge < -0.3 is 5.32 Å². The van der Waals surface area contributed by atoms with Crippen LogP contribution in [0, 0.1) is 6.92 Å². The van der Waals surface area contributed by atoms with Gasteiger partial charge in [0.2, 0.25) is 0 Å². The fourth-order valence-electron chi connectivity index (χ4n) is 1.76. The van der Waals surface area contributed by atoms with E-state index in [4.69, 9.17) is 0 Å². The lowest BCUT2D eigenvalue weighted by atomic mass is 10.1. The van der Waals surface area contributed by atoms with Crippen molar-refractivity contribution in [1.82, 2.24) is 4.98 Å². The Balaban J connectivity index is 2.16. The minimum atomic E-state index is -0.0994. The van der Waals surface area contributed by atoms with Crippen LogP contribution in [0.5, 0.6) is 0 Å². The van der Waals surface area contributed by atoms with Gasteiger partial charge in [-0.3, -0.25) is 9.78 Å². The number of carbonyl (C=O) groups is 1. The first kappa shape index (κ1) is 12.3. The largest absolute Gasteiger partial charge is 0.321 e. The summed E-state index contributed by atoms with van der Waals surface area (Å²) < 4.78 is 0. The molecule has 3 nitrogen and oxygen atoms in total. The van der Waals surface area contributed by atoms with E-state index in [0.29, 0.717) is 5.56 Å². The lowest BCUT2D eigenvalue weighted by Crippen LogP contribution is -2.12. The average Bonchev–Trinajstić information content (AvgIpc) is 2.39. The third-order valence-corrected chi connectivity index (χ3v) is 2.73. The van der Waals surface area contributed by atoms with Crippen LogP contribution in [0.25, 0.3) is 0 Å².